The van der Waals surface area contributed by atoms with Crippen molar-refractivity contribution in [3.05, 3.63) is 36.2 Å². The molecule has 0 bridgehead atoms. The van der Waals surface area contributed by atoms with Crippen molar-refractivity contribution < 1.29 is 13.9 Å². The second kappa shape index (κ2) is 4.97. The van der Waals surface area contributed by atoms with E-state index in [1.165, 1.54) is 16.7 Å². The van der Waals surface area contributed by atoms with Gasteiger partial charge in [-0.2, -0.15) is 0 Å². The van der Waals surface area contributed by atoms with Crippen LogP contribution in [0, 0.1) is 5.82 Å². The van der Waals surface area contributed by atoms with Gasteiger partial charge < -0.3 is 10.1 Å². The molecule has 2 aromatic rings. The van der Waals surface area contributed by atoms with Gasteiger partial charge in [0.1, 0.15) is 11.3 Å². The van der Waals surface area contributed by atoms with Crippen molar-refractivity contribution >= 4 is 11.4 Å². The van der Waals surface area contributed by atoms with Crippen LogP contribution < -0.4 is 5.32 Å². The van der Waals surface area contributed by atoms with Crippen LogP contribution in [0.3, 0.4) is 0 Å². The fraction of sp³-hybridized carbons (Fsp3) is 0.385. The third-order valence-corrected chi connectivity index (χ3v) is 3.28. The van der Waals surface area contributed by atoms with Crippen LogP contribution in [0.15, 0.2) is 24.5 Å². The number of carbonyl (C=O) groups excluding carboxylic acids is 1. The van der Waals surface area contributed by atoms with Crippen molar-refractivity contribution in [2.24, 2.45) is 0 Å². The lowest BCUT2D eigenvalue weighted by molar-refractivity contribution is 0.0691. The lowest BCUT2D eigenvalue weighted by Gasteiger charge is -2.22. The number of ether oxygens (including phenoxy) is 1. The normalized spacial score (nSPS) is 16.7. The van der Waals surface area contributed by atoms with Gasteiger partial charge >= 0.3 is 0 Å². The molecule has 5 nitrogen and oxygen atoms in total. The maximum absolute atomic E-state index is 13.5. The minimum Gasteiger partial charge on any atom is -0.381 e. The number of hydrogen-bond acceptors (Lipinski definition) is 3. The van der Waals surface area contributed by atoms with Crippen molar-refractivity contribution in [2.75, 3.05) is 13.2 Å². The number of nitrogens with zero attached hydrogens (tertiary/aromatic N) is 2. The average Bonchev–Trinajstić information content (AvgIpc) is 2.85. The summed E-state index contributed by atoms with van der Waals surface area (Å²) < 4.78 is 20.2. The summed E-state index contributed by atoms with van der Waals surface area (Å²) >= 11 is 0. The van der Waals surface area contributed by atoms with Gasteiger partial charge in [0.2, 0.25) is 5.82 Å². The first-order valence-electron chi connectivity index (χ1n) is 6.26. The second-order valence-corrected chi connectivity index (χ2v) is 4.55. The Balaban J connectivity index is 1.83. The molecule has 6 heteroatoms. The van der Waals surface area contributed by atoms with E-state index in [4.69, 9.17) is 4.74 Å². The molecule has 2 aromatic heterocycles. The van der Waals surface area contributed by atoms with Gasteiger partial charge in [-0.25, -0.2) is 9.37 Å². The van der Waals surface area contributed by atoms with Gasteiger partial charge in [-0.15, -0.1) is 0 Å². The molecule has 0 radical (unpaired) electrons. The van der Waals surface area contributed by atoms with Crippen LogP contribution in [0.5, 0.6) is 0 Å². The summed E-state index contributed by atoms with van der Waals surface area (Å²) in [6.07, 6.45) is 4.59. The maximum Gasteiger partial charge on any atom is 0.287 e. The highest BCUT2D eigenvalue weighted by molar-refractivity contribution is 5.92. The van der Waals surface area contributed by atoms with E-state index in [2.05, 4.69) is 10.3 Å². The number of fused-ring (bicyclic) bond motifs is 1. The molecule has 1 fully saturated rings. The van der Waals surface area contributed by atoms with Crippen molar-refractivity contribution in [3.63, 3.8) is 0 Å². The smallest absolute Gasteiger partial charge is 0.287 e. The zero-order valence-corrected chi connectivity index (χ0v) is 10.3. The van der Waals surface area contributed by atoms with Gasteiger partial charge in [0.15, 0.2) is 0 Å². The predicted molar refractivity (Wildman–Crippen MR) is 66.5 cm³/mol. The topological polar surface area (TPSA) is 55.6 Å². The number of pyridine rings is 1. The summed E-state index contributed by atoms with van der Waals surface area (Å²) in [5.74, 6) is -0.460. The van der Waals surface area contributed by atoms with Crippen LogP contribution >= 0.6 is 0 Å². The highest BCUT2D eigenvalue weighted by Gasteiger charge is 2.20. The molecule has 19 heavy (non-hydrogen) atoms. The van der Waals surface area contributed by atoms with E-state index < -0.39 is 0 Å². The molecule has 0 unspecified atom stereocenters. The van der Waals surface area contributed by atoms with E-state index in [9.17, 15) is 9.18 Å². The summed E-state index contributed by atoms with van der Waals surface area (Å²) in [6.45, 7) is 1.31. The van der Waals surface area contributed by atoms with E-state index in [-0.39, 0.29) is 23.6 Å². The van der Waals surface area contributed by atoms with Crippen molar-refractivity contribution in [1.82, 2.24) is 14.7 Å². The quantitative estimate of drug-likeness (QED) is 0.890. The van der Waals surface area contributed by atoms with Crippen LogP contribution in [-0.4, -0.2) is 34.5 Å². The van der Waals surface area contributed by atoms with E-state index in [0.29, 0.717) is 18.7 Å². The Hall–Kier alpha value is -1.95. The summed E-state index contributed by atoms with van der Waals surface area (Å²) in [6, 6.07) is 2.99. The Kier molecular flexibility index (Phi) is 3.16. The van der Waals surface area contributed by atoms with Crippen LogP contribution in [0.2, 0.25) is 0 Å². The van der Waals surface area contributed by atoms with Crippen molar-refractivity contribution in [2.45, 2.75) is 18.9 Å². The summed E-state index contributed by atoms with van der Waals surface area (Å²) in [5.41, 5.74) is 0.305. The average molecular weight is 263 g/mol. The number of amides is 1. The third-order valence-electron chi connectivity index (χ3n) is 3.28. The van der Waals surface area contributed by atoms with Crippen molar-refractivity contribution in [3.8, 4) is 0 Å². The first-order valence-corrected chi connectivity index (χ1v) is 6.26. The van der Waals surface area contributed by atoms with Gasteiger partial charge in [0.05, 0.1) is 6.20 Å². The Morgan fingerprint density at radius 2 is 2.26 bits per heavy atom. The highest BCUT2D eigenvalue weighted by Crippen LogP contribution is 2.12. The minimum atomic E-state index is -0.389. The van der Waals surface area contributed by atoms with Gasteiger partial charge in [-0.3, -0.25) is 9.20 Å². The van der Waals surface area contributed by atoms with E-state index in [1.54, 1.807) is 12.3 Å². The Bertz CT molecular complexity index is 605. The van der Waals surface area contributed by atoms with Crippen LogP contribution in [0.4, 0.5) is 4.39 Å². The molecule has 1 aliphatic rings. The number of imidazole rings is 1. The number of aromatic nitrogens is 2. The fourth-order valence-corrected chi connectivity index (χ4v) is 2.25. The summed E-state index contributed by atoms with van der Waals surface area (Å²) in [5, 5.41) is 2.91. The lowest BCUT2D eigenvalue weighted by atomic mass is 10.1. The molecule has 100 valence electrons. The maximum atomic E-state index is 13.5. The number of nitrogens with one attached hydrogen (secondary N) is 1. The van der Waals surface area contributed by atoms with Crippen LogP contribution in [0.1, 0.15) is 23.5 Å². The molecule has 0 saturated carbocycles. The predicted octanol–water partition coefficient (Wildman–Crippen LogP) is 1.38. The minimum absolute atomic E-state index is 0.0992. The number of carbonyl (C=O) groups is 1. The van der Waals surface area contributed by atoms with E-state index in [0.717, 1.165) is 12.8 Å². The SMILES string of the molecule is O=C(NC1CCOCC1)c1ncc2c(F)cccn12. The first kappa shape index (κ1) is 12.1. The molecule has 0 aliphatic carbocycles. The summed E-state index contributed by atoms with van der Waals surface area (Å²) in [7, 11) is 0. The van der Waals surface area contributed by atoms with Crippen LogP contribution in [0.25, 0.3) is 5.52 Å². The Morgan fingerprint density at radius 3 is 3.05 bits per heavy atom. The largest absolute Gasteiger partial charge is 0.381 e. The van der Waals surface area contributed by atoms with Crippen LogP contribution in [-0.2, 0) is 4.74 Å². The lowest BCUT2D eigenvalue weighted by Crippen LogP contribution is -2.39. The van der Waals surface area contributed by atoms with Gasteiger partial charge in [-0.1, -0.05) is 0 Å². The fourth-order valence-electron chi connectivity index (χ4n) is 2.25. The standard InChI is InChI=1S/C13H14FN3O2/c14-10-2-1-5-17-11(10)8-15-12(17)13(18)16-9-3-6-19-7-4-9/h1-2,5,8-9H,3-4,6-7H2,(H,16,18). The molecule has 1 aliphatic heterocycles. The van der Waals surface area contributed by atoms with E-state index >= 15 is 0 Å². The van der Waals surface area contributed by atoms with Gasteiger partial charge in [0, 0.05) is 25.5 Å². The second-order valence-electron chi connectivity index (χ2n) is 4.55. The Labute approximate surface area is 109 Å². The zero-order chi connectivity index (χ0) is 13.2. The number of halogens is 1. The molecular weight excluding hydrogens is 249 g/mol. The molecule has 0 spiro atoms. The molecule has 1 N–H and O–H groups in total. The molecular formula is C13H14FN3O2. The third kappa shape index (κ3) is 2.31. The Morgan fingerprint density at radius 1 is 1.47 bits per heavy atom. The number of rotatable bonds is 2. The highest BCUT2D eigenvalue weighted by atomic mass is 19.1. The first-order chi connectivity index (χ1) is 9.25. The monoisotopic (exact) mass is 263 g/mol. The van der Waals surface area contributed by atoms with Crippen molar-refractivity contribution in [1.29, 1.82) is 0 Å². The summed E-state index contributed by atoms with van der Waals surface area (Å²) in [4.78, 5) is 16.1. The molecule has 1 amide bonds. The molecule has 3 rings (SSSR count). The van der Waals surface area contributed by atoms with Gasteiger partial charge in [0.25, 0.3) is 5.91 Å². The number of hydrogen-bond donors (Lipinski definition) is 1. The molecule has 0 atom stereocenters. The van der Waals surface area contributed by atoms with E-state index in [1.807, 2.05) is 0 Å². The molecule has 0 aromatic carbocycles. The zero-order valence-electron chi connectivity index (χ0n) is 10.3. The molecule has 1 saturated heterocycles. The van der Waals surface area contributed by atoms with Gasteiger partial charge in [-0.05, 0) is 25.0 Å². The molecule has 3 heterocycles.